The Kier molecular flexibility index (Phi) is 4.38. The molecular formula is C16H14N3O3S+. The molecule has 0 radical (unpaired) electrons. The topological polar surface area (TPSA) is 77.4 Å². The van der Waals surface area contributed by atoms with Crippen LogP contribution >= 0.6 is 11.8 Å². The van der Waals surface area contributed by atoms with E-state index < -0.39 is 4.92 Å². The van der Waals surface area contributed by atoms with Gasteiger partial charge in [-0.05, 0) is 29.5 Å². The van der Waals surface area contributed by atoms with Crippen molar-refractivity contribution in [1.82, 2.24) is 0 Å². The van der Waals surface area contributed by atoms with E-state index in [0.29, 0.717) is 5.75 Å². The Hall–Kier alpha value is -2.67. The highest BCUT2D eigenvalue weighted by Crippen LogP contribution is 2.22. The molecule has 0 spiro atoms. The van der Waals surface area contributed by atoms with Crippen molar-refractivity contribution in [3.63, 3.8) is 0 Å². The van der Waals surface area contributed by atoms with Gasteiger partial charge in [-0.25, -0.2) is 4.79 Å². The van der Waals surface area contributed by atoms with Crippen molar-refractivity contribution in [3.8, 4) is 0 Å². The fourth-order valence-corrected chi connectivity index (χ4v) is 3.25. The third kappa shape index (κ3) is 3.40. The van der Waals surface area contributed by atoms with Gasteiger partial charge in [-0.2, -0.15) is 4.90 Å². The maximum Gasteiger partial charge on any atom is 0.356 e. The molecule has 0 bridgehead atoms. The molecule has 0 aromatic heterocycles. The maximum atomic E-state index is 12.1. The van der Waals surface area contributed by atoms with E-state index in [9.17, 15) is 14.9 Å². The predicted molar refractivity (Wildman–Crippen MR) is 89.2 cm³/mol. The van der Waals surface area contributed by atoms with E-state index in [2.05, 4.69) is 4.99 Å². The van der Waals surface area contributed by atoms with Crippen molar-refractivity contribution < 1.29 is 14.7 Å². The molecule has 6 nitrogen and oxygen atoms in total. The Morgan fingerprint density at radius 1 is 1.13 bits per heavy atom. The van der Waals surface area contributed by atoms with Crippen molar-refractivity contribution in [2.45, 2.75) is 5.75 Å². The van der Waals surface area contributed by atoms with E-state index in [1.54, 1.807) is 17.0 Å². The summed E-state index contributed by atoms with van der Waals surface area (Å²) in [6.45, 7) is 0.275. The number of benzene rings is 2. The molecule has 116 valence electrons. The number of nitrogens with zero attached hydrogens (tertiary/aromatic N) is 2. The van der Waals surface area contributed by atoms with Crippen LogP contribution < -0.4 is 9.89 Å². The summed E-state index contributed by atoms with van der Waals surface area (Å²) >= 11 is 1.50. The quantitative estimate of drug-likeness (QED) is 0.678. The number of rotatable bonds is 4. The third-order valence-corrected chi connectivity index (χ3v) is 4.46. The number of non-ortho nitro benzene ring substituents is 1. The summed E-state index contributed by atoms with van der Waals surface area (Å²) in [5, 5.41) is 11.4. The van der Waals surface area contributed by atoms with Crippen LogP contribution in [0.15, 0.2) is 54.6 Å². The van der Waals surface area contributed by atoms with Crippen molar-refractivity contribution in [2.24, 2.45) is 0 Å². The van der Waals surface area contributed by atoms with Gasteiger partial charge in [-0.15, -0.1) is 0 Å². The molecule has 3 rings (SSSR count). The molecule has 1 aliphatic rings. The standard InChI is InChI=1S/C16H13N3O3S/c20-15-10-17-16(18(15)13-4-2-1-3-5-13)23-11-12-6-8-14(9-7-12)19(21)22/h1-9H,10-11H2/p+1. The first-order chi connectivity index (χ1) is 11.1. The average molecular weight is 328 g/mol. The van der Waals surface area contributed by atoms with Crippen LogP contribution in [0.25, 0.3) is 0 Å². The number of anilines is 1. The van der Waals surface area contributed by atoms with Gasteiger partial charge in [-0.1, -0.05) is 30.3 Å². The Morgan fingerprint density at radius 2 is 1.83 bits per heavy atom. The number of nitro groups is 1. The van der Waals surface area contributed by atoms with E-state index >= 15 is 0 Å². The minimum absolute atomic E-state index is 0.00222. The van der Waals surface area contributed by atoms with E-state index in [-0.39, 0.29) is 18.1 Å². The molecule has 23 heavy (non-hydrogen) atoms. The highest BCUT2D eigenvalue weighted by molar-refractivity contribution is 8.13. The lowest BCUT2D eigenvalue weighted by Gasteiger charge is -2.09. The number of carbonyl (C=O) groups excluding carboxylic acids is 1. The van der Waals surface area contributed by atoms with Gasteiger partial charge in [0.15, 0.2) is 6.54 Å². The van der Waals surface area contributed by atoms with Gasteiger partial charge < -0.3 is 0 Å². The summed E-state index contributed by atoms with van der Waals surface area (Å²) in [7, 11) is 0. The van der Waals surface area contributed by atoms with Crippen molar-refractivity contribution in [1.29, 1.82) is 0 Å². The summed E-state index contributed by atoms with van der Waals surface area (Å²) in [4.78, 5) is 27.1. The molecule has 0 aliphatic carbocycles. The summed E-state index contributed by atoms with van der Waals surface area (Å²) in [6, 6.07) is 15.9. The Morgan fingerprint density at radius 3 is 2.48 bits per heavy atom. The number of hydrogen-bond donors (Lipinski definition) is 1. The minimum Gasteiger partial charge on any atom is -0.258 e. The predicted octanol–water partition coefficient (Wildman–Crippen LogP) is 1.31. The van der Waals surface area contributed by atoms with Gasteiger partial charge in [0.1, 0.15) is 5.69 Å². The molecule has 1 amide bonds. The summed E-state index contributed by atoms with van der Waals surface area (Å²) in [5.74, 6) is 0.624. The van der Waals surface area contributed by atoms with Crippen LogP contribution in [0.4, 0.5) is 11.4 Å². The Bertz CT molecular complexity index is 760. The number of nitrogens with one attached hydrogen (secondary N) is 1. The molecule has 0 saturated heterocycles. The Labute approximate surface area is 137 Å². The zero-order chi connectivity index (χ0) is 16.2. The number of carbonyl (C=O) groups is 1. The zero-order valence-corrected chi connectivity index (χ0v) is 13.0. The molecule has 0 fully saturated rings. The average Bonchev–Trinajstić information content (AvgIpc) is 2.95. The van der Waals surface area contributed by atoms with Crippen LogP contribution in [0.1, 0.15) is 5.56 Å². The van der Waals surface area contributed by atoms with Crippen LogP contribution in [0, 0.1) is 10.1 Å². The van der Waals surface area contributed by atoms with Crippen molar-refractivity contribution in [2.75, 3.05) is 11.4 Å². The van der Waals surface area contributed by atoms with Gasteiger partial charge in [0, 0.05) is 17.9 Å². The van der Waals surface area contributed by atoms with Gasteiger partial charge in [-0.3, -0.25) is 15.1 Å². The second-order valence-corrected chi connectivity index (χ2v) is 5.90. The Balaban J connectivity index is 1.70. The molecule has 1 aliphatic heterocycles. The summed E-state index contributed by atoms with van der Waals surface area (Å²) < 4.78 is 0. The molecule has 2 aromatic carbocycles. The molecular weight excluding hydrogens is 314 g/mol. The smallest absolute Gasteiger partial charge is 0.258 e. The lowest BCUT2D eigenvalue weighted by atomic mass is 10.2. The first-order valence-electron chi connectivity index (χ1n) is 7.00. The minimum atomic E-state index is -0.417. The van der Waals surface area contributed by atoms with Gasteiger partial charge in [0.2, 0.25) is 0 Å². The number of nitro benzene ring substituents is 1. The largest absolute Gasteiger partial charge is 0.356 e. The molecule has 0 atom stereocenters. The summed E-state index contributed by atoms with van der Waals surface area (Å²) in [5.41, 5.74) is 1.86. The molecule has 0 saturated carbocycles. The fourth-order valence-electron chi connectivity index (χ4n) is 2.24. The van der Waals surface area contributed by atoms with Crippen molar-refractivity contribution in [3.05, 3.63) is 70.3 Å². The number of amides is 1. The van der Waals surface area contributed by atoms with Gasteiger partial charge in [0.05, 0.1) is 4.92 Å². The van der Waals surface area contributed by atoms with Gasteiger partial charge >= 0.3 is 11.1 Å². The van der Waals surface area contributed by atoms with Crippen molar-refractivity contribution >= 4 is 34.2 Å². The monoisotopic (exact) mass is 328 g/mol. The number of para-hydroxylation sites is 1. The van der Waals surface area contributed by atoms with Crippen LogP contribution in [-0.2, 0) is 10.5 Å². The van der Waals surface area contributed by atoms with E-state index in [1.807, 2.05) is 30.3 Å². The van der Waals surface area contributed by atoms with Crippen LogP contribution in [0.3, 0.4) is 0 Å². The third-order valence-electron chi connectivity index (χ3n) is 3.38. The van der Waals surface area contributed by atoms with Crippen LogP contribution in [0.5, 0.6) is 0 Å². The SMILES string of the molecule is O=C1C[NH+]=C(SCc2ccc([N+](=O)[O-])cc2)N1c1ccccc1. The number of hydrogen-bond acceptors (Lipinski definition) is 4. The molecule has 7 heteroatoms. The van der Waals surface area contributed by atoms with Crippen LogP contribution in [0.2, 0.25) is 0 Å². The molecule has 2 aromatic rings. The lowest BCUT2D eigenvalue weighted by molar-refractivity contribution is -0.434. The number of amidine groups is 1. The van der Waals surface area contributed by atoms with E-state index in [0.717, 1.165) is 16.4 Å². The van der Waals surface area contributed by atoms with E-state index in [1.165, 1.54) is 23.9 Å². The van der Waals surface area contributed by atoms with Gasteiger partial charge in [0.25, 0.3) is 5.69 Å². The first-order valence-corrected chi connectivity index (χ1v) is 7.98. The highest BCUT2D eigenvalue weighted by atomic mass is 32.2. The molecule has 1 heterocycles. The van der Waals surface area contributed by atoms with Crippen LogP contribution in [-0.4, -0.2) is 22.5 Å². The second-order valence-electron chi connectivity index (χ2n) is 4.94. The normalized spacial score (nSPS) is 14.0. The molecule has 1 N–H and O–H groups in total. The fraction of sp³-hybridized carbons (Fsp3) is 0.125. The van der Waals surface area contributed by atoms with E-state index in [4.69, 9.17) is 0 Å². The summed E-state index contributed by atoms with van der Waals surface area (Å²) in [6.07, 6.45) is 0. The zero-order valence-electron chi connectivity index (χ0n) is 12.1. The maximum absolute atomic E-state index is 12.1. The lowest BCUT2D eigenvalue weighted by Crippen LogP contribution is -2.70. The highest BCUT2D eigenvalue weighted by Gasteiger charge is 2.35. The molecule has 0 unspecified atom stereocenters. The first kappa shape index (κ1) is 15.2. The second kappa shape index (κ2) is 6.62. The number of thioether (sulfide) groups is 1.